The zero-order chi connectivity index (χ0) is 24.7. The van der Waals surface area contributed by atoms with Gasteiger partial charge in [0.15, 0.2) is 0 Å². The van der Waals surface area contributed by atoms with E-state index in [1.807, 2.05) is 0 Å². The first-order valence-corrected chi connectivity index (χ1v) is 14.5. The first-order valence-electron chi connectivity index (χ1n) is 13.4. The van der Waals surface area contributed by atoms with Crippen LogP contribution >= 0.6 is 11.8 Å². The average Bonchev–Trinajstić information content (AvgIpc) is 3.32. The molecule has 1 aromatic heterocycles. The lowest BCUT2D eigenvalue weighted by atomic mass is 9.87. The summed E-state index contributed by atoms with van der Waals surface area (Å²) in [5.74, 6) is 2.63. The molecule has 1 aliphatic heterocycles. The second-order valence-corrected chi connectivity index (χ2v) is 12.6. The fourth-order valence-corrected chi connectivity index (χ4v) is 6.38. The van der Waals surface area contributed by atoms with Gasteiger partial charge in [0, 0.05) is 23.9 Å². The van der Waals surface area contributed by atoms with Gasteiger partial charge in [0.2, 0.25) is 17.6 Å². The molecule has 1 N–H and O–H groups in total. The minimum atomic E-state index is 0.0436. The minimum Gasteiger partial charge on any atom is -0.356 e. The van der Waals surface area contributed by atoms with E-state index in [1.54, 1.807) is 0 Å². The lowest BCUT2D eigenvalue weighted by Crippen LogP contribution is -2.43. The van der Waals surface area contributed by atoms with Crippen LogP contribution in [0.4, 0.5) is 0 Å². The number of benzene rings is 1. The monoisotopic (exact) mass is 498 g/mol. The van der Waals surface area contributed by atoms with Crippen LogP contribution in [0.5, 0.6) is 0 Å². The summed E-state index contributed by atoms with van der Waals surface area (Å²) in [5, 5.41) is 8.23. The number of nitrogens with zero attached hydrogens (tertiary/aromatic N) is 3. The molecule has 1 unspecified atom stereocenters. The summed E-state index contributed by atoms with van der Waals surface area (Å²) >= 11 is 2.11. The van der Waals surface area contributed by atoms with Gasteiger partial charge in [0.25, 0.3) is 0 Å². The van der Waals surface area contributed by atoms with E-state index in [1.165, 1.54) is 37.7 Å². The topological polar surface area (TPSA) is 71.3 Å². The van der Waals surface area contributed by atoms with Crippen molar-refractivity contribution in [1.29, 1.82) is 0 Å². The predicted molar refractivity (Wildman–Crippen MR) is 143 cm³/mol. The van der Waals surface area contributed by atoms with E-state index in [0.717, 1.165) is 55.5 Å². The Kier molecular flexibility index (Phi) is 9.28. The zero-order valence-electron chi connectivity index (χ0n) is 21.7. The van der Waals surface area contributed by atoms with Gasteiger partial charge in [-0.05, 0) is 55.4 Å². The summed E-state index contributed by atoms with van der Waals surface area (Å²) in [7, 11) is 0. The van der Waals surface area contributed by atoms with E-state index >= 15 is 0 Å². The van der Waals surface area contributed by atoms with Crippen LogP contribution in [0.2, 0.25) is 0 Å². The number of rotatable bonds is 9. The Hall–Kier alpha value is -1.86. The maximum atomic E-state index is 12.8. The van der Waals surface area contributed by atoms with Gasteiger partial charge in [0.1, 0.15) is 0 Å². The summed E-state index contributed by atoms with van der Waals surface area (Å²) in [4.78, 5) is 19.6. The van der Waals surface area contributed by atoms with E-state index in [0.29, 0.717) is 18.3 Å². The third-order valence-electron chi connectivity index (χ3n) is 7.24. The number of thioether (sulfide) groups is 1. The van der Waals surface area contributed by atoms with Gasteiger partial charge < -0.3 is 9.84 Å². The fraction of sp³-hybridized carbons (Fsp3) is 0.679. The highest BCUT2D eigenvalue weighted by atomic mass is 32.2. The van der Waals surface area contributed by atoms with Gasteiger partial charge in [0.05, 0.1) is 12.5 Å². The van der Waals surface area contributed by atoms with Crippen LogP contribution in [-0.4, -0.2) is 51.6 Å². The number of aromatic nitrogens is 2. The number of piperidine rings is 1. The van der Waals surface area contributed by atoms with Crippen molar-refractivity contribution in [1.82, 2.24) is 20.4 Å². The Balaban J connectivity index is 1.20. The number of carbonyl (C=O) groups is 1. The smallest absolute Gasteiger partial charge is 0.241 e. The van der Waals surface area contributed by atoms with Crippen molar-refractivity contribution in [2.75, 3.05) is 25.4 Å². The Morgan fingerprint density at radius 2 is 1.89 bits per heavy atom. The maximum absolute atomic E-state index is 12.8. The third-order valence-corrected chi connectivity index (χ3v) is 8.71. The molecule has 1 aliphatic carbocycles. The molecule has 2 fully saturated rings. The Bertz CT molecular complexity index is 931. The summed E-state index contributed by atoms with van der Waals surface area (Å²) in [6, 6.07) is 8.39. The standard InChI is InChI=1S/C28H42N4O2S/c1-28(2,3)23-14-12-21(13-15-23)26-30-25(34-31-26)20-32-17-7-9-22(19-32)27(33)29-16-8-18-35-24-10-5-4-6-11-24/h12-15,22,24H,4-11,16-20H2,1-3H3,(H,29,33). The first kappa shape index (κ1) is 26.2. The number of hydrogen-bond acceptors (Lipinski definition) is 6. The molecule has 0 spiro atoms. The molecule has 1 amide bonds. The summed E-state index contributed by atoms with van der Waals surface area (Å²) in [6.07, 6.45) is 9.97. The zero-order valence-corrected chi connectivity index (χ0v) is 22.5. The van der Waals surface area contributed by atoms with Crippen LogP contribution in [0, 0.1) is 5.92 Å². The average molecular weight is 499 g/mol. The van der Waals surface area contributed by atoms with Crippen molar-refractivity contribution in [3.05, 3.63) is 35.7 Å². The molecule has 0 bridgehead atoms. The molecule has 192 valence electrons. The van der Waals surface area contributed by atoms with Gasteiger partial charge in [-0.2, -0.15) is 16.7 Å². The van der Waals surface area contributed by atoms with Crippen molar-refractivity contribution in [3.8, 4) is 11.4 Å². The van der Waals surface area contributed by atoms with Gasteiger partial charge in [-0.15, -0.1) is 0 Å². The summed E-state index contributed by atoms with van der Waals surface area (Å²) in [5.41, 5.74) is 2.36. The predicted octanol–water partition coefficient (Wildman–Crippen LogP) is 5.82. The highest BCUT2D eigenvalue weighted by molar-refractivity contribution is 7.99. The largest absolute Gasteiger partial charge is 0.356 e. The van der Waals surface area contributed by atoms with Crippen molar-refractivity contribution in [2.45, 2.75) is 89.3 Å². The normalized spacial score (nSPS) is 20.1. The highest BCUT2D eigenvalue weighted by Crippen LogP contribution is 2.28. The first-order chi connectivity index (χ1) is 16.9. The van der Waals surface area contributed by atoms with Gasteiger partial charge >= 0.3 is 0 Å². The van der Waals surface area contributed by atoms with Crippen molar-refractivity contribution >= 4 is 17.7 Å². The fourth-order valence-electron chi connectivity index (χ4n) is 5.07. The van der Waals surface area contributed by atoms with E-state index in [9.17, 15) is 4.79 Å². The van der Waals surface area contributed by atoms with Gasteiger partial charge in [-0.3, -0.25) is 9.69 Å². The van der Waals surface area contributed by atoms with Crippen LogP contribution in [0.1, 0.15) is 83.6 Å². The Labute approximate surface area is 215 Å². The lowest BCUT2D eigenvalue weighted by Gasteiger charge is -2.30. The molecule has 7 heteroatoms. The summed E-state index contributed by atoms with van der Waals surface area (Å²) in [6.45, 7) is 9.71. The molecule has 4 rings (SSSR count). The highest BCUT2D eigenvalue weighted by Gasteiger charge is 2.27. The molecule has 2 aliphatic rings. The van der Waals surface area contributed by atoms with Crippen molar-refractivity contribution in [3.63, 3.8) is 0 Å². The SMILES string of the molecule is CC(C)(C)c1ccc(-c2noc(CN3CCCC(C(=O)NCCCSC4CCCCC4)C3)n2)cc1. The number of carbonyl (C=O) groups excluding carboxylic acids is 1. The molecule has 2 aromatic rings. The molecule has 1 aromatic carbocycles. The van der Waals surface area contributed by atoms with E-state index in [2.05, 4.69) is 77.2 Å². The second-order valence-electron chi connectivity index (χ2n) is 11.2. The van der Waals surface area contributed by atoms with E-state index < -0.39 is 0 Å². The van der Waals surface area contributed by atoms with Crippen LogP contribution in [0.3, 0.4) is 0 Å². The lowest BCUT2D eigenvalue weighted by molar-refractivity contribution is -0.126. The molecule has 1 saturated carbocycles. The number of nitrogens with one attached hydrogen (secondary N) is 1. The molecule has 0 radical (unpaired) electrons. The Morgan fingerprint density at radius 1 is 1.11 bits per heavy atom. The van der Waals surface area contributed by atoms with Crippen LogP contribution in [0.25, 0.3) is 11.4 Å². The van der Waals surface area contributed by atoms with Crippen LogP contribution in [0.15, 0.2) is 28.8 Å². The van der Waals surface area contributed by atoms with Crippen molar-refractivity contribution < 1.29 is 9.32 Å². The molecule has 1 saturated heterocycles. The summed E-state index contributed by atoms with van der Waals surface area (Å²) < 4.78 is 5.55. The van der Waals surface area contributed by atoms with Crippen LogP contribution in [-0.2, 0) is 16.8 Å². The quantitative estimate of drug-likeness (QED) is 0.439. The number of amides is 1. The maximum Gasteiger partial charge on any atom is 0.241 e. The minimum absolute atomic E-state index is 0.0436. The second kappa shape index (κ2) is 12.4. The molecule has 1 atom stereocenters. The van der Waals surface area contributed by atoms with Gasteiger partial charge in [-0.25, -0.2) is 0 Å². The molecule has 35 heavy (non-hydrogen) atoms. The van der Waals surface area contributed by atoms with E-state index in [-0.39, 0.29) is 17.2 Å². The van der Waals surface area contributed by atoms with E-state index in [4.69, 9.17) is 4.52 Å². The molecule has 2 heterocycles. The molecular weight excluding hydrogens is 456 g/mol. The van der Waals surface area contributed by atoms with Gasteiger partial charge in [-0.1, -0.05) is 69.5 Å². The number of hydrogen-bond donors (Lipinski definition) is 1. The molecule has 6 nitrogen and oxygen atoms in total. The van der Waals surface area contributed by atoms with Crippen LogP contribution < -0.4 is 5.32 Å². The third kappa shape index (κ3) is 7.81. The number of likely N-dealkylation sites (tertiary alicyclic amines) is 1. The Morgan fingerprint density at radius 3 is 2.63 bits per heavy atom. The molecular formula is C28H42N4O2S. The van der Waals surface area contributed by atoms with Crippen molar-refractivity contribution in [2.24, 2.45) is 5.92 Å².